The van der Waals surface area contributed by atoms with Gasteiger partial charge in [-0.3, -0.25) is 9.59 Å². The van der Waals surface area contributed by atoms with Crippen LogP contribution in [-0.4, -0.2) is 71.9 Å². The third-order valence-electron chi connectivity index (χ3n) is 5.13. The first kappa shape index (κ1) is 25.2. The molecule has 2 rings (SSSR count). The summed E-state index contributed by atoms with van der Waals surface area (Å²) in [5, 5.41) is 30.2. The van der Waals surface area contributed by atoms with Crippen LogP contribution in [-0.2, 0) is 22.4 Å². The summed E-state index contributed by atoms with van der Waals surface area (Å²) in [4.78, 5) is 27.7. The number of phenols is 2. The highest BCUT2D eigenvalue weighted by atomic mass is 16.5. The molecule has 0 unspecified atom stereocenters. The van der Waals surface area contributed by atoms with Crippen molar-refractivity contribution in [1.82, 2.24) is 4.90 Å². The molecule has 3 N–H and O–H groups in total. The molecular weight excluding hydrogens is 414 g/mol. The predicted octanol–water partition coefficient (Wildman–Crippen LogP) is 2.30. The molecule has 0 saturated carbocycles. The van der Waals surface area contributed by atoms with Gasteiger partial charge in [0.05, 0.1) is 31.8 Å². The number of hydrogen-bond donors (Lipinski definition) is 3. The molecule has 0 aromatic heterocycles. The summed E-state index contributed by atoms with van der Waals surface area (Å²) in [7, 11) is 1.51. The number of aromatic hydroxyl groups is 2. The van der Waals surface area contributed by atoms with Crippen molar-refractivity contribution in [2.75, 3.05) is 40.0 Å². The van der Waals surface area contributed by atoms with Crippen LogP contribution in [0.25, 0.3) is 0 Å². The molecule has 1 amide bonds. The van der Waals surface area contributed by atoms with Crippen molar-refractivity contribution in [3.63, 3.8) is 0 Å². The van der Waals surface area contributed by atoms with Gasteiger partial charge in [-0.25, -0.2) is 0 Å². The van der Waals surface area contributed by atoms with E-state index in [2.05, 4.69) is 0 Å². The van der Waals surface area contributed by atoms with Crippen LogP contribution in [0, 0.1) is 0 Å². The SMILES string of the molecule is CCOc1ccc(C(=O)c2c(O)cc(O)c(CC)c2CC(=O)N(CCO)CCOC)cc1. The van der Waals surface area contributed by atoms with Gasteiger partial charge in [0.15, 0.2) is 5.78 Å². The Morgan fingerprint density at radius 3 is 2.25 bits per heavy atom. The van der Waals surface area contributed by atoms with Crippen LogP contribution < -0.4 is 4.74 Å². The molecule has 0 fully saturated rings. The molecule has 174 valence electrons. The molecule has 0 aliphatic carbocycles. The summed E-state index contributed by atoms with van der Waals surface area (Å²) in [6.45, 7) is 4.58. The molecule has 0 saturated heterocycles. The van der Waals surface area contributed by atoms with Crippen molar-refractivity contribution in [2.45, 2.75) is 26.7 Å². The number of amides is 1. The molecular formula is C24H31NO7. The van der Waals surface area contributed by atoms with Crippen LogP contribution in [0.3, 0.4) is 0 Å². The van der Waals surface area contributed by atoms with E-state index in [0.717, 1.165) is 6.07 Å². The number of hydrogen-bond acceptors (Lipinski definition) is 7. The fourth-order valence-corrected chi connectivity index (χ4v) is 3.55. The van der Waals surface area contributed by atoms with E-state index >= 15 is 0 Å². The highest BCUT2D eigenvalue weighted by molar-refractivity contribution is 6.12. The summed E-state index contributed by atoms with van der Waals surface area (Å²) in [6.07, 6.45) is 0.142. The Labute approximate surface area is 188 Å². The first-order valence-corrected chi connectivity index (χ1v) is 10.6. The van der Waals surface area contributed by atoms with Crippen molar-refractivity contribution in [2.24, 2.45) is 0 Å². The van der Waals surface area contributed by atoms with Crippen LogP contribution in [0.2, 0.25) is 0 Å². The van der Waals surface area contributed by atoms with Crippen molar-refractivity contribution in [3.8, 4) is 17.2 Å². The Kier molecular flexibility index (Phi) is 9.49. The van der Waals surface area contributed by atoms with Gasteiger partial charge in [0.1, 0.15) is 17.2 Å². The lowest BCUT2D eigenvalue weighted by Crippen LogP contribution is -2.37. The second-order valence-corrected chi connectivity index (χ2v) is 7.16. The second kappa shape index (κ2) is 12.1. The highest BCUT2D eigenvalue weighted by Crippen LogP contribution is 2.35. The van der Waals surface area contributed by atoms with E-state index in [4.69, 9.17) is 9.47 Å². The van der Waals surface area contributed by atoms with Gasteiger partial charge in [0.25, 0.3) is 0 Å². The van der Waals surface area contributed by atoms with Gasteiger partial charge in [-0.15, -0.1) is 0 Å². The molecule has 2 aromatic rings. The fraction of sp³-hybridized carbons (Fsp3) is 0.417. The van der Waals surface area contributed by atoms with Crippen molar-refractivity contribution >= 4 is 11.7 Å². The van der Waals surface area contributed by atoms with E-state index in [9.17, 15) is 24.9 Å². The summed E-state index contributed by atoms with van der Waals surface area (Å²) >= 11 is 0. The zero-order valence-corrected chi connectivity index (χ0v) is 18.8. The highest BCUT2D eigenvalue weighted by Gasteiger charge is 2.26. The van der Waals surface area contributed by atoms with Crippen molar-refractivity contribution in [1.29, 1.82) is 0 Å². The average Bonchev–Trinajstić information content (AvgIpc) is 2.77. The number of rotatable bonds is 12. The minimum atomic E-state index is -0.464. The normalized spacial score (nSPS) is 10.8. The van der Waals surface area contributed by atoms with Crippen LogP contribution in [0.1, 0.15) is 40.9 Å². The first-order chi connectivity index (χ1) is 15.4. The molecule has 0 atom stereocenters. The monoisotopic (exact) mass is 445 g/mol. The maximum Gasteiger partial charge on any atom is 0.227 e. The standard InChI is InChI=1S/C24H31NO7/c1-4-18-19(14-22(29)25(10-12-26)11-13-31-3)23(21(28)15-20(18)27)24(30)16-6-8-17(9-7-16)32-5-2/h6-9,15,26-28H,4-5,10-14H2,1-3H3. The van der Waals surface area contributed by atoms with Crippen molar-refractivity contribution < 1.29 is 34.4 Å². The van der Waals surface area contributed by atoms with E-state index in [1.54, 1.807) is 31.2 Å². The van der Waals surface area contributed by atoms with E-state index in [1.807, 2.05) is 6.92 Å². The van der Waals surface area contributed by atoms with Gasteiger partial charge in [-0.2, -0.15) is 0 Å². The largest absolute Gasteiger partial charge is 0.508 e. The summed E-state index contributed by atoms with van der Waals surface area (Å²) in [5.74, 6) is -0.778. The number of ketones is 1. The van der Waals surface area contributed by atoms with Gasteiger partial charge < -0.3 is 29.7 Å². The van der Waals surface area contributed by atoms with Gasteiger partial charge in [0.2, 0.25) is 5.91 Å². The number of phenolic OH excluding ortho intramolecular Hbond substituents is 2. The average molecular weight is 446 g/mol. The lowest BCUT2D eigenvalue weighted by molar-refractivity contribution is -0.131. The maximum atomic E-state index is 13.3. The smallest absolute Gasteiger partial charge is 0.227 e. The van der Waals surface area contributed by atoms with Crippen molar-refractivity contribution in [3.05, 3.63) is 52.6 Å². The number of carbonyl (C=O) groups is 2. The number of carbonyl (C=O) groups excluding carboxylic acids is 2. The molecule has 0 heterocycles. The number of methoxy groups -OCH3 is 1. The third kappa shape index (κ3) is 5.99. The van der Waals surface area contributed by atoms with Gasteiger partial charge in [-0.05, 0) is 48.7 Å². The van der Waals surface area contributed by atoms with Gasteiger partial charge in [-0.1, -0.05) is 6.92 Å². The zero-order valence-electron chi connectivity index (χ0n) is 18.8. The molecule has 0 aliphatic heterocycles. The molecule has 8 nitrogen and oxygen atoms in total. The Morgan fingerprint density at radius 2 is 1.69 bits per heavy atom. The van der Waals surface area contributed by atoms with Crippen LogP contribution in [0.5, 0.6) is 17.2 Å². The third-order valence-corrected chi connectivity index (χ3v) is 5.13. The molecule has 0 bridgehead atoms. The summed E-state index contributed by atoms with van der Waals surface area (Å²) < 4.78 is 10.4. The number of ether oxygens (including phenoxy) is 2. The molecule has 8 heteroatoms. The molecule has 0 radical (unpaired) electrons. The summed E-state index contributed by atoms with van der Waals surface area (Å²) in [6, 6.07) is 7.63. The molecule has 2 aromatic carbocycles. The fourth-order valence-electron chi connectivity index (χ4n) is 3.55. The Balaban J connectivity index is 2.49. The number of aliphatic hydroxyl groups is 1. The molecule has 32 heavy (non-hydrogen) atoms. The van der Waals surface area contributed by atoms with E-state index in [1.165, 1.54) is 12.0 Å². The number of aliphatic hydroxyl groups excluding tert-OH is 1. The Morgan fingerprint density at radius 1 is 1.00 bits per heavy atom. The number of nitrogens with zero attached hydrogens (tertiary/aromatic N) is 1. The second-order valence-electron chi connectivity index (χ2n) is 7.16. The van der Waals surface area contributed by atoms with E-state index in [-0.39, 0.29) is 55.5 Å². The lowest BCUT2D eigenvalue weighted by atomic mass is 9.89. The molecule has 0 spiro atoms. The lowest BCUT2D eigenvalue weighted by Gasteiger charge is -2.23. The Hall–Kier alpha value is -3.10. The van der Waals surface area contributed by atoms with Crippen LogP contribution in [0.15, 0.2) is 30.3 Å². The quantitative estimate of drug-likeness (QED) is 0.429. The maximum absolute atomic E-state index is 13.3. The van der Waals surface area contributed by atoms with Crippen LogP contribution in [0.4, 0.5) is 0 Å². The zero-order chi connectivity index (χ0) is 23.7. The predicted molar refractivity (Wildman–Crippen MR) is 119 cm³/mol. The minimum absolute atomic E-state index is 0.0205. The van der Waals surface area contributed by atoms with E-state index < -0.39 is 11.5 Å². The first-order valence-electron chi connectivity index (χ1n) is 10.6. The molecule has 0 aliphatic rings. The van der Waals surface area contributed by atoms with Gasteiger partial charge >= 0.3 is 0 Å². The summed E-state index contributed by atoms with van der Waals surface area (Å²) in [5.41, 5.74) is 0.986. The van der Waals surface area contributed by atoms with Gasteiger partial charge in [0, 0.05) is 31.8 Å². The number of benzene rings is 2. The minimum Gasteiger partial charge on any atom is -0.508 e. The topological polar surface area (TPSA) is 117 Å². The van der Waals surface area contributed by atoms with Crippen LogP contribution >= 0.6 is 0 Å². The Bertz CT molecular complexity index is 925. The van der Waals surface area contributed by atoms with E-state index in [0.29, 0.717) is 29.9 Å².